The van der Waals surface area contributed by atoms with Crippen molar-refractivity contribution in [2.45, 2.75) is 12.2 Å². The summed E-state index contributed by atoms with van der Waals surface area (Å²) in [7, 11) is 1.10. The van der Waals surface area contributed by atoms with Crippen molar-refractivity contribution in [2.24, 2.45) is 0 Å². The topological polar surface area (TPSA) is 113 Å². The van der Waals surface area contributed by atoms with Crippen LogP contribution in [0.2, 0.25) is 0 Å². The smallest absolute Gasteiger partial charge is 0.417 e. The first kappa shape index (κ1) is 12.3. The Labute approximate surface area is 101 Å². The molecule has 7 heteroatoms. The van der Waals surface area contributed by atoms with Crippen molar-refractivity contribution < 1.29 is 24.2 Å². The second kappa shape index (κ2) is 4.63. The fourth-order valence-corrected chi connectivity index (χ4v) is 1.58. The molecule has 0 amide bonds. The number of aromatic nitrogens is 1. The van der Waals surface area contributed by atoms with E-state index in [0.29, 0.717) is 5.52 Å². The molecule has 0 aliphatic carbocycles. The molecule has 3 N–H and O–H groups in total. The number of carbonyl (C=O) groups excluding carboxylic acids is 1. The molecule has 96 valence electrons. The molecule has 0 bridgehead atoms. The third-order valence-corrected chi connectivity index (χ3v) is 2.53. The highest BCUT2D eigenvalue weighted by molar-refractivity contribution is 5.76. The SMILES string of the molecule is COC(=O)C(O)C(O)c1ccc2[nH]c(=O)oc2c1. The van der Waals surface area contributed by atoms with Gasteiger partial charge in [0.25, 0.3) is 0 Å². The van der Waals surface area contributed by atoms with Gasteiger partial charge in [0.2, 0.25) is 0 Å². The van der Waals surface area contributed by atoms with Crippen LogP contribution in [-0.2, 0) is 9.53 Å². The van der Waals surface area contributed by atoms with Gasteiger partial charge in [0.15, 0.2) is 11.7 Å². The van der Waals surface area contributed by atoms with Crippen LogP contribution in [0, 0.1) is 0 Å². The molecule has 2 rings (SSSR count). The first-order chi connectivity index (χ1) is 8.52. The number of aromatic amines is 1. The van der Waals surface area contributed by atoms with Crippen LogP contribution in [0.1, 0.15) is 11.7 Å². The maximum absolute atomic E-state index is 11.1. The van der Waals surface area contributed by atoms with E-state index < -0.39 is 23.9 Å². The Morgan fingerprint density at radius 3 is 2.83 bits per heavy atom. The third-order valence-electron chi connectivity index (χ3n) is 2.53. The van der Waals surface area contributed by atoms with Gasteiger partial charge in [-0.25, -0.2) is 9.59 Å². The fraction of sp³-hybridized carbons (Fsp3) is 0.273. The predicted molar refractivity (Wildman–Crippen MR) is 59.8 cm³/mol. The average Bonchev–Trinajstić information content (AvgIpc) is 2.74. The molecule has 1 heterocycles. The minimum Gasteiger partial charge on any atom is -0.467 e. The van der Waals surface area contributed by atoms with Crippen molar-refractivity contribution in [3.63, 3.8) is 0 Å². The number of oxazole rings is 1. The van der Waals surface area contributed by atoms with Crippen molar-refractivity contribution in [3.05, 3.63) is 34.3 Å². The summed E-state index contributed by atoms with van der Waals surface area (Å²) in [6.45, 7) is 0. The molecular formula is C11H11NO6. The van der Waals surface area contributed by atoms with E-state index in [1.807, 2.05) is 0 Å². The Kier molecular flexibility index (Phi) is 3.17. The molecule has 18 heavy (non-hydrogen) atoms. The maximum Gasteiger partial charge on any atom is 0.417 e. The molecule has 0 saturated carbocycles. The van der Waals surface area contributed by atoms with Gasteiger partial charge in [0.05, 0.1) is 12.6 Å². The summed E-state index contributed by atoms with van der Waals surface area (Å²) < 4.78 is 9.12. The van der Waals surface area contributed by atoms with Gasteiger partial charge >= 0.3 is 11.7 Å². The molecule has 2 unspecified atom stereocenters. The third kappa shape index (κ3) is 2.13. The molecule has 2 aromatic rings. The Morgan fingerprint density at radius 1 is 1.44 bits per heavy atom. The lowest BCUT2D eigenvalue weighted by molar-refractivity contribution is -0.156. The summed E-state index contributed by atoms with van der Waals surface area (Å²) in [5, 5.41) is 19.3. The van der Waals surface area contributed by atoms with Crippen molar-refractivity contribution in [2.75, 3.05) is 7.11 Å². The first-order valence-corrected chi connectivity index (χ1v) is 5.09. The van der Waals surface area contributed by atoms with Crippen LogP contribution in [0.25, 0.3) is 11.1 Å². The number of H-pyrrole nitrogens is 1. The monoisotopic (exact) mass is 253 g/mol. The number of nitrogens with one attached hydrogen (secondary N) is 1. The Morgan fingerprint density at radius 2 is 2.17 bits per heavy atom. The molecule has 0 spiro atoms. The fourth-order valence-electron chi connectivity index (χ4n) is 1.58. The van der Waals surface area contributed by atoms with E-state index in [1.54, 1.807) is 0 Å². The maximum atomic E-state index is 11.1. The molecule has 1 aromatic carbocycles. The van der Waals surface area contributed by atoms with E-state index in [4.69, 9.17) is 4.42 Å². The van der Waals surface area contributed by atoms with Crippen LogP contribution in [-0.4, -0.2) is 34.4 Å². The second-order valence-electron chi connectivity index (χ2n) is 3.68. The molecular weight excluding hydrogens is 242 g/mol. The summed E-state index contributed by atoms with van der Waals surface area (Å²) in [6.07, 6.45) is -3.15. The summed E-state index contributed by atoms with van der Waals surface area (Å²) in [6, 6.07) is 4.33. The van der Waals surface area contributed by atoms with Gasteiger partial charge in [-0.3, -0.25) is 4.98 Å². The van der Waals surface area contributed by atoms with Crippen LogP contribution >= 0.6 is 0 Å². The van der Waals surface area contributed by atoms with E-state index in [2.05, 4.69) is 9.72 Å². The highest BCUT2D eigenvalue weighted by Gasteiger charge is 2.26. The van der Waals surface area contributed by atoms with Crippen LogP contribution in [0.15, 0.2) is 27.4 Å². The zero-order chi connectivity index (χ0) is 13.3. The number of aliphatic hydroxyl groups is 2. The molecule has 0 fully saturated rings. The Bertz CT molecular complexity index is 628. The molecule has 0 aliphatic rings. The van der Waals surface area contributed by atoms with Crippen molar-refractivity contribution >= 4 is 17.1 Å². The number of methoxy groups -OCH3 is 1. The number of fused-ring (bicyclic) bond motifs is 1. The van der Waals surface area contributed by atoms with Gasteiger partial charge in [-0.05, 0) is 17.7 Å². The van der Waals surface area contributed by atoms with Crippen LogP contribution in [0.4, 0.5) is 0 Å². The van der Waals surface area contributed by atoms with Crippen molar-refractivity contribution in [1.29, 1.82) is 0 Å². The average molecular weight is 253 g/mol. The highest BCUT2D eigenvalue weighted by Crippen LogP contribution is 2.21. The number of ether oxygens (including phenoxy) is 1. The minimum atomic E-state index is -1.70. The molecule has 0 saturated heterocycles. The van der Waals surface area contributed by atoms with Gasteiger partial charge < -0.3 is 19.4 Å². The van der Waals surface area contributed by atoms with Crippen LogP contribution < -0.4 is 5.76 Å². The van der Waals surface area contributed by atoms with Crippen molar-refractivity contribution in [1.82, 2.24) is 4.98 Å². The quantitative estimate of drug-likeness (QED) is 0.646. The number of carbonyl (C=O) groups is 1. The molecule has 0 aliphatic heterocycles. The van der Waals surface area contributed by atoms with E-state index in [0.717, 1.165) is 7.11 Å². The Balaban J connectivity index is 2.35. The summed E-state index contributed by atoms with van der Waals surface area (Å²) in [4.78, 5) is 24.5. The van der Waals surface area contributed by atoms with E-state index in [-0.39, 0.29) is 11.1 Å². The standard InChI is InChI=1S/C11H11NO6/c1-17-10(15)9(14)8(13)5-2-3-6-7(4-5)18-11(16)12-6/h2-4,8-9,13-14H,1H3,(H,12,16). The van der Waals surface area contributed by atoms with E-state index >= 15 is 0 Å². The number of benzene rings is 1. The summed E-state index contributed by atoms with van der Waals surface area (Å²) in [5.41, 5.74) is 0.931. The lowest BCUT2D eigenvalue weighted by atomic mass is 10.0. The normalized spacial score (nSPS) is 14.4. The summed E-state index contributed by atoms with van der Waals surface area (Å²) in [5.74, 6) is -1.57. The van der Waals surface area contributed by atoms with E-state index in [1.165, 1.54) is 18.2 Å². The lowest BCUT2D eigenvalue weighted by Crippen LogP contribution is -2.28. The number of hydrogen-bond acceptors (Lipinski definition) is 6. The van der Waals surface area contributed by atoms with Gasteiger partial charge in [-0.1, -0.05) is 6.07 Å². The molecule has 0 radical (unpaired) electrons. The van der Waals surface area contributed by atoms with Gasteiger partial charge in [0, 0.05) is 0 Å². The zero-order valence-corrected chi connectivity index (χ0v) is 9.41. The Hall–Kier alpha value is -2.12. The number of hydrogen-bond donors (Lipinski definition) is 3. The predicted octanol–water partition coefficient (Wildman–Crippen LogP) is -0.312. The highest BCUT2D eigenvalue weighted by atomic mass is 16.5. The van der Waals surface area contributed by atoms with Gasteiger partial charge in [0.1, 0.15) is 6.10 Å². The second-order valence-corrected chi connectivity index (χ2v) is 3.68. The van der Waals surface area contributed by atoms with E-state index in [9.17, 15) is 19.8 Å². The van der Waals surface area contributed by atoms with Crippen LogP contribution in [0.3, 0.4) is 0 Å². The number of aliphatic hydroxyl groups excluding tert-OH is 2. The summed E-state index contributed by atoms with van der Waals surface area (Å²) >= 11 is 0. The molecule has 2 atom stereocenters. The molecule has 1 aromatic heterocycles. The van der Waals surface area contributed by atoms with Crippen molar-refractivity contribution in [3.8, 4) is 0 Å². The number of rotatable bonds is 3. The zero-order valence-electron chi connectivity index (χ0n) is 9.41. The van der Waals surface area contributed by atoms with Gasteiger partial charge in [-0.15, -0.1) is 0 Å². The first-order valence-electron chi connectivity index (χ1n) is 5.09. The number of esters is 1. The lowest BCUT2D eigenvalue weighted by Gasteiger charge is -2.15. The van der Waals surface area contributed by atoms with Crippen LogP contribution in [0.5, 0.6) is 0 Å². The van der Waals surface area contributed by atoms with Gasteiger partial charge in [-0.2, -0.15) is 0 Å². The molecule has 7 nitrogen and oxygen atoms in total. The largest absolute Gasteiger partial charge is 0.467 e. The minimum absolute atomic E-state index is 0.230.